The van der Waals surface area contributed by atoms with E-state index in [9.17, 15) is 4.79 Å². The largest absolute Gasteiger partial charge is 0.352 e. The smallest absolute Gasteiger partial charge is 0.236 e. The van der Waals surface area contributed by atoms with Gasteiger partial charge in [-0.3, -0.25) is 4.79 Å². The Bertz CT molecular complexity index is 821. The second-order valence-corrected chi connectivity index (χ2v) is 7.62. The molecule has 1 aromatic carbocycles. The van der Waals surface area contributed by atoms with E-state index >= 15 is 0 Å². The molecule has 1 N–H and O–H groups in total. The van der Waals surface area contributed by atoms with Crippen LogP contribution in [0.25, 0.3) is 10.7 Å². The van der Waals surface area contributed by atoms with Crippen LogP contribution in [0.3, 0.4) is 0 Å². The topological polar surface area (TPSA) is 68.0 Å². The van der Waals surface area contributed by atoms with E-state index < -0.39 is 0 Å². The normalized spacial score (nSPS) is 10.8. The molecule has 2 heterocycles. The molecule has 0 atom stereocenters. The fourth-order valence-electron chi connectivity index (χ4n) is 2.07. The molecule has 0 radical (unpaired) electrons. The third kappa shape index (κ3) is 5.32. The number of amides is 1. The van der Waals surface area contributed by atoms with Crippen LogP contribution in [-0.2, 0) is 17.1 Å². The number of hydrogen-bond acceptors (Lipinski definition) is 6. The van der Waals surface area contributed by atoms with Crippen molar-refractivity contribution in [2.75, 3.05) is 5.75 Å². The van der Waals surface area contributed by atoms with Gasteiger partial charge in [-0.25, -0.2) is 0 Å². The summed E-state index contributed by atoms with van der Waals surface area (Å²) in [6.07, 6.45) is 0.432. The first-order valence-electron chi connectivity index (χ1n) is 7.66. The van der Waals surface area contributed by atoms with Crippen LogP contribution in [-0.4, -0.2) is 21.8 Å². The molecule has 1 amide bonds. The fourth-order valence-corrected chi connectivity index (χ4v) is 3.69. The molecular formula is C17H16ClN3O2S2. The third-order valence-electron chi connectivity index (χ3n) is 3.34. The van der Waals surface area contributed by atoms with E-state index in [1.54, 1.807) is 23.1 Å². The number of halogens is 1. The molecule has 5 nitrogen and oxygen atoms in total. The van der Waals surface area contributed by atoms with Crippen LogP contribution in [0, 0.1) is 0 Å². The molecule has 3 aromatic rings. The van der Waals surface area contributed by atoms with E-state index in [0.717, 1.165) is 10.4 Å². The van der Waals surface area contributed by atoms with Gasteiger partial charge in [-0.15, -0.1) is 11.3 Å². The summed E-state index contributed by atoms with van der Waals surface area (Å²) in [5.41, 5.74) is 0.914. The first kappa shape index (κ1) is 18.0. The molecule has 2 aromatic heterocycles. The Labute approximate surface area is 158 Å². The molecule has 0 spiro atoms. The number of carbonyl (C=O) groups is 1. The first-order valence-corrected chi connectivity index (χ1v) is 10.1. The van der Waals surface area contributed by atoms with Crippen molar-refractivity contribution >= 4 is 40.6 Å². The number of thioether (sulfide) groups is 1. The lowest BCUT2D eigenvalue weighted by Crippen LogP contribution is -2.23. The van der Waals surface area contributed by atoms with E-state index in [4.69, 9.17) is 16.1 Å². The Kier molecular flexibility index (Phi) is 6.49. The molecule has 0 fully saturated rings. The standard InChI is InChI=1S/C17H16ClN3O2S2/c18-13-5-2-1-4-12(13)10-19-15(22)7-9-24-11-16-20-17(21-23-16)14-6-3-8-25-14/h1-6,8H,7,9-11H2,(H,19,22). The lowest BCUT2D eigenvalue weighted by Gasteiger charge is -2.06. The van der Waals surface area contributed by atoms with Crippen molar-refractivity contribution in [1.82, 2.24) is 15.5 Å². The Balaban J connectivity index is 1.36. The second-order valence-electron chi connectivity index (χ2n) is 5.16. The van der Waals surface area contributed by atoms with Gasteiger partial charge in [-0.05, 0) is 23.1 Å². The van der Waals surface area contributed by atoms with E-state index in [1.807, 2.05) is 41.8 Å². The van der Waals surface area contributed by atoms with Gasteiger partial charge in [0.05, 0.1) is 10.6 Å². The van der Waals surface area contributed by atoms with Crippen LogP contribution in [0.2, 0.25) is 5.02 Å². The van der Waals surface area contributed by atoms with E-state index in [0.29, 0.717) is 41.2 Å². The van der Waals surface area contributed by atoms with Crippen molar-refractivity contribution in [3.8, 4) is 10.7 Å². The molecule has 25 heavy (non-hydrogen) atoms. The molecule has 0 saturated carbocycles. The average Bonchev–Trinajstić information content (AvgIpc) is 3.29. The van der Waals surface area contributed by atoms with Crippen molar-refractivity contribution in [1.29, 1.82) is 0 Å². The zero-order chi connectivity index (χ0) is 17.5. The highest BCUT2D eigenvalue weighted by atomic mass is 35.5. The van der Waals surface area contributed by atoms with Gasteiger partial charge in [0.1, 0.15) is 0 Å². The molecule has 3 rings (SSSR count). The molecule has 0 aliphatic heterocycles. The Morgan fingerprint density at radius 1 is 1.28 bits per heavy atom. The van der Waals surface area contributed by atoms with Crippen LogP contribution >= 0.6 is 34.7 Å². The van der Waals surface area contributed by atoms with Crippen molar-refractivity contribution in [3.63, 3.8) is 0 Å². The summed E-state index contributed by atoms with van der Waals surface area (Å²) in [6.45, 7) is 0.441. The lowest BCUT2D eigenvalue weighted by molar-refractivity contribution is -0.120. The van der Waals surface area contributed by atoms with Crippen molar-refractivity contribution in [3.05, 3.63) is 58.3 Å². The van der Waals surface area contributed by atoms with E-state index in [2.05, 4.69) is 15.5 Å². The Hall–Kier alpha value is -1.83. The zero-order valence-corrected chi connectivity index (χ0v) is 15.7. The SMILES string of the molecule is O=C(CCSCc1nc(-c2cccs2)no1)NCc1ccccc1Cl. The highest BCUT2D eigenvalue weighted by Crippen LogP contribution is 2.22. The van der Waals surface area contributed by atoms with Crippen LogP contribution in [0.15, 0.2) is 46.3 Å². The monoisotopic (exact) mass is 393 g/mol. The molecule has 0 aliphatic carbocycles. The number of carbonyl (C=O) groups excluding carboxylic acids is 1. The predicted molar refractivity (Wildman–Crippen MR) is 102 cm³/mol. The molecule has 0 saturated heterocycles. The van der Waals surface area contributed by atoms with Crippen molar-refractivity contribution < 1.29 is 9.32 Å². The maximum absolute atomic E-state index is 11.9. The molecule has 0 aliphatic rings. The number of nitrogens with zero attached hydrogens (tertiary/aromatic N) is 2. The van der Waals surface area contributed by atoms with Crippen LogP contribution in [0.1, 0.15) is 17.9 Å². The van der Waals surface area contributed by atoms with Crippen molar-refractivity contribution in [2.45, 2.75) is 18.7 Å². The second kappa shape index (κ2) is 9.03. The number of rotatable bonds is 8. The van der Waals surface area contributed by atoms with Crippen LogP contribution in [0.4, 0.5) is 0 Å². The highest BCUT2D eigenvalue weighted by Gasteiger charge is 2.10. The molecule has 130 valence electrons. The Morgan fingerprint density at radius 2 is 2.16 bits per heavy atom. The number of thiophene rings is 1. The van der Waals surface area contributed by atoms with Gasteiger partial charge in [0.2, 0.25) is 17.6 Å². The lowest BCUT2D eigenvalue weighted by atomic mass is 10.2. The van der Waals surface area contributed by atoms with Gasteiger partial charge in [-0.2, -0.15) is 16.7 Å². The highest BCUT2D eigenvalue weighted by molar-refractivity contribution is 7.98. The molecular weight excluding hydrogens is 378 g/mol. The van der Waals surface area contributed by atoms with Gasteiger partial charge >= 0.3 is 0 Å². The predicted octanol–water partition coefficient (Wildman–Crippen LogP) is 4.39. The third-order valence-corrected chi connectivity index (χ3v) is 5.52. The van der Waals surface area contributed by atoms with E-state index in [-0.39, 0.29) is 5.91 Å². The minimum atomic E-state index is -0.00257. The Morgan fingerprint density at radius 3 is 2.96 bits per heavy atom. The number of benzene rings is 1. The maximum Gasteiger partial charge on any atom is 0.236 e. The van der Waals surface area contributed by atoms with Crippen LogP contribution < -0.4 is 5.32 Å². The minimum absolute atomic E-state index is 0.00257. The van der Waals surface area contributed by atoms with Gasteiger partial charge < -0.3 is 9.84 Å². The van der Waals surface area contributed by atoms with E-state index in [1.165, 1.54) is 0 Å². The quantitative estimate of drug-likeness (QED) is 0.575. The summed E-state index contributed by atoms with van der Waals surface area (Å²) in [7, 11) is 0. The first-order chi connectivity index (χ1) is 12.2. The van der Waals surface area contributed by atoms with Gasteiger partial charge in [0.15, 0.2) is 0 Å². The zero-order valence-electron chi connectivity index (χ0n) is 13.3. The summed E-state index contributed by atoms with van der Waals surface area (Å²) < 4.78 is 5.22. The molecule has 8 heteroatoms. The van der Waals surface area contributed by atoms with Crippen molar-refractivity contribution in [2.24, 2.45) is 0 Å². The van der Waals surface area contributed by atoms with Gasteiger partial charge in [-0.1, -0.05) is 41.0 Å². The minimum Gasteiger partial charge on any atom is -0.352 e. The number of nitrogens with one attached hydrogen (secondary N) is 1. The summed E-state index contributed by atoms with van der Waals surface area (Å²) in [5.74, 6) is 2.46. The number of hydrogen-bond donors (Lipinski definition) is 1. The molecule has 0 unspecified atom stereocenters. The number of aromatic nitrogens is 2. The van der Waals surface area contributed by atoms with Gasteiger partial charge in [0, 0.05) is 23.7 Å². The maximum atomic E-state index is 11.9. The van der Waals surface area contributed by atoms with Gasteiger partial charge in [0.25, 0.3) is 0 Å². The van der Waals surface area contributed by atoms with Crippen LogP contribution in [0.5, 0.6) is 0 Å². The summed E-state index contributed by atoms with van der Waals surface area (Å²) >= 11 is 9.23. The summed E-state index contributed by atoms with van der Waals surface area (Å²) in [5, 5.41) is 9.47. The average molecular weight is 394 g/mol. The fraction of sp³-hybridized carbons (Fsp3) is 0.235. The molecule has 0 bridgehead atoms. The summed E-state index contributed by atoms with van der Waals surface area (Å²) in [6, 6.07) is 11.4. The summed E-state index contributed by atoms with van der Waals surface area (Å²) in [4.78, 5) is 17.2.